The Morgan fingerprint density at radius 3 is 3.11 bits per heavy atom. The van der Waals surface area contributed by atoms with Crippen LogP contribution in [-0.4, -0.2) is 14.4 Å². The summed E-state index contributed by atoms with van der Waals surface area (Å²) < 4.78 is 1.71. The van der Waals surface area contributed by atoms with E-state index < -0.39 is 0 Å². The molecule has 0 aliphatic heterocycles. The minimum atomic E-state index is -0.104. The summed E-state index contributed by atoms with van der Waals surface area (Å²) in [5.74, 6) is 0. The van der Waals surface area contributed by atoms with Crippen molar-refractivity contribution in [2.24, 2.45) is 0 Å². The van der Waals surface area contributed by atoms with Crippen LogP contribution in [0.1, 0.15) is 17.8 Å². The van der Waals surface area contributed by atoms with Crippen LogP contribution in [0.5, 0.6) is 0 Å². The Morgan fingerprint density at radius 2 is 2.17 bits per heavy atom. The maximum absolute atomic E-state index is 12.2. The first kappa shape index (κ1) is 9.65. The first-order chi connectivity index (χ1) is 8.84. The summed E-state index contributed by atoms with van der Waals surface area (Å²) in [5.41, 5.74) is 3.42. The summed E-state index contributed by atoms with van der Waals surface area (Å²) >= 11 is 0. The molecule has 0 radical (unpaired) electrons. The van der Waals surface area contributed by atoms with Crippen molar-refractivity contribution in [1.82, 2.24) is 14.4 Å². The maximum Gasteiger partial charge on any atom is 0.332 e. The Labute approximate surface area is 103 Å². The van der Waals surface area contributed by atoms with Crippen molar-refractivity contribution >= 4 is 22.6 Å². The van der Waals surface area contributed by atoms with Crippen LogP contribution in [0, 0.1) is 0 Å². The molecule has 3 aromatic rings. The Hall–Kier alpha value is -2.36. The predicted octanol–water partition coefficient (Wildman–Crippen LogP) is 2.14. The van der Waals surface area contributed by atoms with Crippen molar-refractivity contribution in [2.45, 2.75) is 12.8 Å². The number of benzene rings is 1. The molecule has 2 heterocycles. The summed E-state index contributed by atoms with van der Waals surface area (Å²) in [7, 11) is 0. The predicted molar refractivity (Wildman–Crippen MR) is 70.7 cm³/mol. The molecule has 88 valence electrons. The second-order valence-electron chi connectivity index (χ2n) is 4.52. The number of H-pyrrole nitrogens is 1. The minimum Gasteiger partial charge on any atom is -0.306 e. The van der Waals surface area contributed by atoms with Crippen LogP contribution in [0.15, 0.2) is 35.1 Å². The van der Waals surface area contributed by atoms with Crippen molar-refractivity contribution in [3.05, 3.63) is 52.2 Å². The number of aryl methyl sites for hydroxylation is 1. The zero-order valence-electron chi connectivity index (χ0n) is 9.68. The van der Waals surface area contributed by atoms with Gasteiger partial charge < -0.3 is 4.98 Å². The number of imidazole rings is 1. The molecule has 0 fully saturated rings. The van der Waals surface area contributed by atoms with Gasteiger partial charge in [-0.05, 0) is 31.1 Å². The van der Waals surface area contributed by atoms with Crippen LogP contribution in [0.2, 0.25) is 0 Å². The molecule has 4 nitrogen and oxygen atoms in total. The second kappa shape index (κ2) is 3.32. The van der Waals surface area contributed by atoms with Gasteiger partial charge in [0.1, 0.15) is 0 Å². The summed E-state index contributed by atoms with van der Waals surface area (Å²) in [6, 6.07) is 7.77. The van der Waals surface area contributed by atoms with Crippen LogP contribution in [0.4, 0.5) is 0 Å². The molecule has 0 atom stereocenters. The zero-order valence-corrected chi connectivity index (χ0v) is 9.68. The molecule has 18 heavy (non-hydrogen) atoms. The Bertz CT molecular complexity index is 854. The van der Waals surface area contributed by atoms with Gasteiger partial charge in [0.05, 0.1) is 16.9 Å². The summed E-state index contributed by atoms with van der Waals surface area (Å²) in [5, 5.41) is 0.986. The fraction of sp³-hybridized carbons (Fsp3) is 0.143. The molecule has 4 rings (SSSR count). The third-order valence-corrected chi connectivity index (χ3v) is 3.44. The number of nitrogens with one attached hydrogen (secondary N) is 1. The highest BCUT2D eigenvalue weighted by molar-refractivity contribution is 5.91. The fourth-order valence-electron chi connectivity index (χ4n) is 2.62. The quantitative estimate of drug-likeness (QED) is 0.651. The van der Waals surface area contributed by atoms with E-state index in [2.05, 4.69) is 16.0 Å². The van der Waals surface area contributed by atoms with Crippen molar-refractivity contribution in [2.75, 3.05) is 0 Å². The van der Waals surface area contributed by atoms with Gasteiger partial charge in [-0.1, -0.05) is 18.2 Å². The van der Waals surface area contributed by atoms with Gasteiger partial charge in [-0.15, -0.1) is 0 Å². The first-order valence-electron chi connectivity index (χ1n) is 6.03. The summed E-state index contributed by atoms with van der Waals surface area (Å²) in [6.45, 7) is 0. The number of aromatic amines is 1. The third-order valence-electron chi connectivity index (χ3n) is 3.44. The molecule has 0 spiro atoms. The largest absolute Gasteiger partial charge is 0.332 e. The van der Waals surface area contributed by atoms with Crippen molar-refractivity contribution in [1.29, 1.82) is 0 Å². The van der Waals surface area contributed by atoms with Gasteiger partial charge >= 0.3 is 5.69 Å². The number of hydrogen-bond donors (Lipinski definition) is 1. The SMILES string of the molecule is O=c1[nH]c2ccccc2c2nc3c(n12)CCC=C3. The lowest BCUT2D eigenvalue weighted by molar-refractivity contribution is 0.875. The second-order valence-corrected chi connectivity index (χ2v) is 4.52. The van der Waals surface area contributed by atoms with Crippen molar-refractivity contribution < 1.29 is 0 Å². The molecule has 0 saturated heterocycles. The molecular weight excluding hydrogens is 226 g/mol. The van der Waals surface area contributed by atoms with E-state index in [1.165, 1.54) is 0 Å². The molecular formula is C14H11N3O. The van der Waals surface area contributed by atoms with Crippen LogP contribution in [0.25, 0.3) is 22.6 Å². The van der Waals surface area contributed by atoms with Crippen LogP contribution < -0.4 is 5.69 Å². The van der Waals surface area contributed by atoms with Gasteiger partial charge in [0.15, 0.2) is 5.65 Å². The average Bonchev–Trinajstić information content (AvgIpc) is 2.79. The highest BCUT2D eigenvalue weighted by Gasteiger charge is 2.16. The molecule has 0 bridgehead atoms. The fourth-order valence-corrected chi connectivity index (χ4v) is 2.62. The van der Waals surface area contributed by atoms with Crippen molar-refractivity contribution in [3.8, 4) is 0 Å². The normalized spacial score (nSPS) is 14.2. The van der Waals surface area contributed by atoms with E-state index in [1.54, 1.807) is 4.40 Å². The Morgan fingerprint density at radius 1 is 1.28 bits per heavy atom. The standard InChI is InChI=1S/C14H11N3O/c18-14-16-10-6-2-1-5-9(10)13-15-11-7-3-4-8-12(11)17(13)14/h1-3,5-7H,4,8H2,(H,16,18). The Balaban J connectivity index is 2.29. The van der Waals surface area contributed by atoms with Crippen LogP contribution in [0.3, 0.4) is 0 Å². The number of aromatic nitrogens is 3. The van der Waals surface area contributed by atoms with Gasteiger partial charge in [0, 0.05) is 5.39 Å². The van der Waals surface area contributed by atoms with E-state index >= 15 is 0 Å². The number of rotatable bonds is 0. The topological polar surface area (TPSA) is 50.2 Å². The molecule has 0 amide bonds. The lowest BCUT2D eigenvalue weighted by Gasteiger charge is -2.05. The Kier molecular flexibility index (Phi) is 1.78. The number of nitrogens with zero attached hydrogens (tertiary/aromatic N) is 2. The van der Waals surface area contributed by atoms with E-state index in [1.807, 2.05) is 30.3 Å². The minimum absolute atomic E-state index is 0.104. The zero-order chi connectivity index (χ0) is 12.1. The number of hydrogen-bond acceptors (Lipinski definition) is 2. The number of allylic oxidation sites excluding steroid dienone is 1. The number of fused-ring (bicyclic) bond motifs is 5. The molecule has 1 aliphatic rings. The monoisotopic (exact) mass is 237 g/mol. The van der Waals surface area contributed by atoms with Gasteiger partial charge in [0.2, 0.25) is 0 Å². The lowest BCUT2D eigenvalue weighted by Crippen LogP contribution is -2.18. The van der Waals surface area contributed by atoms with Gasteiger partial charge in [0.25, 0.3) is 0 Å². The van der Waals surface area contributed by atoms with E-state index in [9.17, 15) is 4.79 Å². The first-order valence-corrected chi connectivity index (χ1v) is 6.03. The maximum atomic E-state index is 12.2. The van der Waals surface area contributed by atoms with Crippen molar-refractivity contribution in [3.63, 3.8) is 0 Å². The van der Waals surface area contributed by atoms with Gasteiger partial charge in [-0.2, -0.15) is 0 Å². The highest BCUT2D eigenvalue weighted by atomic mass is 16.1. The molecule has 2 aromatic heterocycles. The summed E-state index contributed by atoms with van der Waals surface area (Å²) in [4.78, 5) is 19.7. The molecule has 1 aliphatic carbocycles. The molecule has 0 unspecified atom stereocenters. The molecule has 4 heteroatoms. The third kappa shape index (κ3) is 1.14. The molecule has 1 aromatic carbocycles. The number of para-hydroxylation sites is 1. The lowest BCUT2D eigenvalue weighted by atomic mass is 10.1. The summed E-state index contributed by atoms with van der Waals surface area (Å²) in [6.07, 6.45) is 5.94. The van der Waals surface area contributed by atoms with Gasteiger partial charge in [-0.25, -0.2) is 14.2 Å². The molecule has 0 saturated carbocycles. The highest BCUT2D eigenvalue weighted by Crippen LogP contribution is 2.23. The average molecular weight is 237 g/mol. The van der Waals surface area contributed by atoms with Crippen LogP contribution >= 0.6 is 0 Å². The smallest absolute Gasteiger partial charge is 0.306 e. The van der Waals surface area contributed by atoms with E-state index in [0.717, 1.165) is 40.8 Å². The van der Waals surface area contributed by atoms with Gasteiger partial charge in [-0.3, -0.25) is 0 Å². The van der Waals surface area contributed by atoms with E-state index in [4.69, 9.17) is 0 Å². The van der Waals surface area contributed by atoms with E-state index in [-0.39, 0.29) is 5.69 Å². The van der Waals surface area contributed by atoms with Crippen LogP contribution in [-0.2, 0) is 6.42 Å². The molecule has 1 N–H and O–H groups in total. The van der Waals surface area contributed by atoms with E-state index in [0.29, 0.717) is 0 Å².